The molecule has 188 valence electrons. The highest BCUT2D eigenvalue weighted by atomic mass is 19.1. The Bertz CT molecular complexity index is 1520. The van der Waals surface area contributed by atoms with Crippen LogP contribution in [0.15, 0.2) is 55.0 Å². The molecule has 0 saturated heterocycles. The van der Waals surface area contributed by atoms with Gasteiger partial charge in [-0.2, -0.15) is 5.10 Å². The van der Waals surface area contributed by atoms with Crippen LogP contribution in [-0.2, 0) is 10.8 Å². The molecule has 2 bridgehead atoms. The fraction of sp³-hybridized carbons (Fsp3) is 0.367. The maximum Gasteiger partial charge on any atom is 0.135 e. The summed E-state index contributed by atoms with van der Waals surface area (Å²) in [6, 6.07) is 9.77. The van der Waals surface area contributed by atoms with Crippen LogP contribution in [0.1, 0.15) is 75.9 Å². The van der Waals surface area contributed by atoms with Gasteiger partial charge in [0, 0.05) is 12.4 Å². The van der Waals surface area contributed by atoms with Crippen LogP contribution < -0.4 is 0 Å². The predicted octanol–water partition coefficient (Wildman–Crippen LogP) is 6.77. The molecule has 7 heteroatoms. The first-order chi connectivity index (χ1) is 17.5. The molecule has 1 aromatic carbocycles. The standard InChI is InChI=1S/C30H29F2N5/c1-28(2,3)17-10-12-34-22(13-17)24-15-33-16-25(35-24)30-11-9-19(29(30,4)5)18-14-23(36-37-27(18)30)26-20(31)7-6-8-21(26)32/h6-8,10,12-16,19H,9,11H2,1-5H3/t19-,30-/m0/s1. The van der Waals surface area contributed by atoms with Gasteiger partial charge < -0.3 is 0 Å². The zero-order valence-corrected chi connectivity index (χ0v) is 21.7. The quantitative estimate of drug-likeness (QED) is 0.312. The lowest BCUT2D eigenvalue weighted by atomic mass is 9.66. The Kier molecular flexibility index (Phi) is 5.10. The largest absolute Gasteiger partial charge is 0.260 e. The third-order valence-electron chi connectivity index (χ3n) is 8.56. The number of nitrogens with zero attached hydrogens (tertiary/aromatic N) is 5. The number of benzene rings is 1. The van der Waals surface area contributed by atoms with Crippen molar-refractivity contribution in [1.29, 1.82) is 0 Å². The Hall–Kier alpha value is -3.61. The average Bonchev–Trinajstić information content (AvgIpc) is 3.24. The van der Waals surface area contributed by atoms with Crippen LogP contribution in [0.2, 0.25) is 0 Å². The minimum absolute atomic E-state index is 0.0164. The van der Waals surface area contributed by atoms with Gasteiger partial charge in [0.1, 0.15) is 17.3 Å². The van der Waals surface area contributed by atoms with Gasteiger partial charge in [0.15, 0.2) is 0 Å². The van der Waals surface area contributed by atoms with E-state index in [1.54, 1.807) is 6.20 Å². The number of pyridine rings is 1. The Morgan fingerprint density at radius 3 is 2.41 bits per heavy atom. The molecule has 5 nitrogen and oxygen atoms in total. The van der Waals surface area contributed by atoms with Gasteiger partial charge >= 0.3 is 0 Å². The molecule has 0 aliphatic heterocycles. The van der Waals surface area contributed by atoms with Crippen molar-refractivity contribution in [1.82, 2.24) is 25.1 Å². The molecular weight excluding hydrogens is 468 g/mol. The summed E-state index contributed by atoms with van der Waals surface area (Å²) < 4.78 is 29.1. The molecule has 0 unspecified atom stereocenters. The predicted molar refractivity (Wildman–Crippen MR) is 138 cm³/mol. The molecule has 3 heterocycles. The van der Waals surface area contributed by atoms with Crippen LogP contribution in [0.25, 0.3) is 22.6 Å². The van der Waals surface area contributed by atoms with Crippen molar-refractivity contribution in [3.8, 4) is 22.6 Å². The topological polar surface area (TPSA) is 64.5 Å². The molecule has 0 N–H and O–H groups in total. The Morgan fingerprint density at radius 1 is 0.919 bits per heavy atom. The number of aromatic nitrogens is 5. The van der Waals surface area contributed by atoms with Crippen LogP contribution in [0.5, 0.6) is 0 Å². The number of fused-ring (bicyclic) bond motifs is 5. The fourth-order valence-corrected chi connectivity index (χ4v) is 6.49. The minimum atomic E-state index is -0.644. The lowest BCUT2D eigenvalue weighted by molar-refractivity contribution is 0.242. The Balaban J connectivity index is 1.49. The van der Waals surface area contributed by atoms with E-state index in [9.17, 15) is 8.78 Å². The molecule has 1 saturated carbocycles. The van der Waals surface area contributed by atoms with E-state index in [0.717, 1.165) is 35.5 Å². The fourth-order valence-electron chi connectivity index (χ4n) is 6.49. The molecule has 1 fully saturated rings. The number of rotatable bonds is 3. The number of halogens is 2. The summed E-state index contributed by atoms with van der Waals surface area (Å²) in [5, 5.41) is 8.95. The zero-order valence-electron chi connectivity index (χ0n) is 21.7. The third-order valence-corrected chi connectivity index (χ3v) is 8.56. The molecule has 0 spiro atoms. The second kappa shape index (κ2) is 7.94. The Morgan fingerprint density at radius 2 is 1.68 bits per heavy atom. The van der Waals surface area contributed by atoms with E-state index >= 15 is 0 Å². The van der Waals surface area contributed by atoms with Gasteiger partial charge in [0.25, 0.3) is 0 Å². The summed E-state index contributed by atoms with van der Waals surface area (Å²) in [4.78, 5) is 14.3. The summed E-state index contributed by atoms with van der Waals surface area (Å²) in [5.41, 5.74) is 4.64. The van der Waals surface area contributed by atoms with Gasteiger partial charge in [0.2, 0.25) is 0 Å². The van der Waals surface area contributed by atoms with Gasteiger partial charge in [-0.1, -0.05) is 40.7 Å². The maximum absolute atomic E-state index is 14.5. The molecular formula is C30H29F2N5. The van der Waals surface area contributed by atoms with E-state index in [-0.39, 0.29) is 28.0 Å². The van der Waals surface area contributed by atoms with Crippen molar-refractivity contribution in [3.05, 3.63) is 89.1 Å². The lowest BCUT2D eigenvalue weighted by Crippen LogP contribution is -2.38. The van der Waals surface area contributed by atoms with Gasteiger partial charge in [-0.25, -0.2) is 13.8 Å². The molecule has 2 aliphatic carbocycles. The van der Waals surface area contributed by atoms with Crippen LogP contribution in [0.4, 0.5) is 8.78 Å². The molecule has 6 rings (SSSR count). The van der Waals surface area contributed by atoms with Gasteiger partial charge in [-0.15, -0.1) is 5.10 Å². The van der Waals surface area contributed by atoms with Crippen LogP contribution in [0.3, 0.4) is 0 Å². The van der Waals surface area contributed by atoms with E-state index in [0.29, 0.717) is 5.69 Å². The molecule has 4 aromatic rings. The third kappa shape index (κ3) is 3.36. The van der Waals surface area contributed by atoms with Crippen molar-refractivity contribution >= 4 is 0 Å². The van der Waals surface area contributed by atoms with E-state index in [1.165, 1.54) is 23.8 Å². The number of hydrogen-bond acceptors (Lipinski definition) is 5. The average molecular weight is 498 g/mol. The molecule has 0 radical (unpaired) electrons. The Labute approximate surface area is 215 Å². The van der Waals surface area contributed by atoms with Crippen molar-refractivity contribution in [3.63, 3.8) is 0 Å². The summed E-state index contributed by atoms with van der Waals surface area (Å²) in [7, 11) is 0. The van der Waals surface area contributed by atoms with Crippen molar-refractivity contribution < 1.29 is 8.78 Å². The smallest absolute Gasteiger partial charge is 0.135 e. The highest BCUT2D eigenvalue weighted by Crippen LogP contribution is 2.69. The molecule has 37 heavy (non-hydrogen) atoms. The second-order valence-corrected chi connectivity index (χ2v) is 11.8. The second-order valence-electron chi connectivity index (χ2n) is 11.8. The number of hydrogen-bond donors (Lipinski definition) is 0. The summed E-state index contributed by atoms with van der Waals surface area (Å²) >= 11 is 0. The van der Waals surface area contributed by atoms with E-state index in [1.807, 2.05) is 24.5 Å². The van der Waals surface area contributed by atoms with Crippen LogP contribution in [0, 0.1) is 17.0 Å². The molecule has 2 aliphatic rings. The van der Waals surface area contributed by atoms with Crippen LogP contribution >= 0.6 is 0 Å². The van der Waals surface area contributed by atoms with Gasteiger partial charge in [-0.3, -0.25) is 9.97 Å². The summed E-state index contributed by atoms with van der Waals surface area (Å²) in [6.07, 6.45) is 7.17. The normalized spacial score (nSPS) is 21.8. The monoisotopic (exact) mass is 497 g/mol. The first-order valence-corrected chi connectivity index (χ1v) is 12.7. The molecule has 3 aromatic heterocycles. The van der Waals surface area contributed by atoms with Crippen molar-refractivity contribution in [2.24, 2.45) is 5.41 Å². The first kappa shape index (κ1) is 23.8. The van der Waals surface area contributed by atoms with E-state index in [2.05, 4.69) is 60.9 Å². The van der Waals surface area contributed by atoms with Gasteiger partial charge in [0.05, 0.1) is 40.0 Å². The SMILES string of the molecule is CC(C)(C)c1ccnc(-c2cncc([C@@]34CC[C@@H](c5cc(-c6c(F)cccc6F)nnc53)C4(C)C)n2)c1. The summed E-state index contributed by atoms with van der Waals surface area (Å²) in [6.45, 7) is 11.0. The molecule has 0 amide bonds. The van der Waals surface area contributed by atoms with Crippen LogP contribution in [-0.4, -0.2) is 25.1 Å². The van der Waals surface area contributed by atoms with Crippen molar-refractivity contribution in [2.45, 2.75) is 64.2 Å². The van der Waals surface area contributed by atoms with Gasteiger partial charge in [-0.05, 0) is 71.0 Å². The minimum Gasteiger partial charge on any atom is -0.260 e. The lowest BCUT2D eigenvalue weighted by Gasteiger charge is -2.37. The van der Waals surface area contributed by atoms with E-state index < -0.39 is 17.0 Å². The first-order valence-electron chi connectivity index (χ1n) is 12.7. The molecule has 2 atom stereocenters. The highest BCUT2D eigenvalue weighted by molar-refractivity contribution is 5.64. The zero-order chi connectivity index (χ0) is 26.2. The summed E-state index contributed by atoms with van der Waals surface area (Å²) in [5.74, 6) is -1.12. The van der Waals surface area contributed by atoms with E-state index in [4.69, 9.17) is 4.98 Å². The van der Waals surface area contributed by atoms with Crippen molar-refractivity contribution in [2.75, 3.05) is 0 Å². The maximum atomic E-state index is 14.5. The highest BCUT2D eigenvalue weighted by Gasteiger charge is 2.65.